The van der Waals surface area contributed by atoms with Crippen LogP contribution in [0.25, 0.3) is 16.9 Å². The zero-order valence-electron chi connectivity index (χ0n) is 15.0. The van der Waals surface area contributed by atoms with E-state index in [0.717, 1.165) is 0 Å². The van der Waals surface area contributed by atoms with Crippen LogP contribution in [0.5, 0.6) is 11.5 Å². The largest absolute Gasteiger partial charge is 0.462 e. The average molecular weight is 376 g/mol. The van der Waals surface area contributed by atoms with E-state index >= 15 is 0 Å². The van der Waals surface area contributed by atoms with Gasteiger partial charge >= 0.3 is 5.97 Å². The maximum Gasteiger partial charge on any atom is 0.341 e. The van der Waals surface area contributed by atoms with E-state index in [1.54, 1.807) is 25.1 Å². The van der Waals surface area contributed by atoms with Crippen LogP contribution in [-0.2, 0) is 4.74 Å². The fourth-order valence-corrected chi connectivity index (χ4v) is 2.66. The Kier molecular flexibility index (Phi) is 4.59. The van der Waals surface area contributed by atoms with Crippen LogP contribution < -0.4 is 10.3 Å². The lowest BCUT2D eigenvalue weighted by Gasteiger charge is -2.07. The van der Waals surface area contributed by atoms with Gasteiger partial charge in [0, 0.05) is 12.3 Å². The van der Waals surface area contributed by atoms with Crippen LogP contribution in [0.1, 0.15) is 17.3 Å². The van der Waals surface area contributed by atoms with E-state index < -0.39 is 5.97 Å². The summed E-state index contributed by atoms with van der Waals surface area (Å²) in [5, 5.41) is 4.50. The molecule has 2 heterocycles. The van der Waals surface area contributed by atoms with E-state index in [1.165, 1.54) is 17.1 Å². The summed E-state index contributed by atoms with van der Waals surface area (Å²) in [5.74, 6) is 0.925. The van der Waals surface area contributed by atoms with Crippen molar-refractivity contribution in [1.29, 1.82) is 0 Å². The third-order valence-corrected chi connectivity index (χ3v) is 3.96. The molecule has 0 radical (unpaired) electrons. The van der Waals surface area contributed by atoms with Gasteiger partial charge in [-0.15, -0.1) is 0 Å². The SMILES string of the molecule is CCOC(=O)c1cnn(-c2nc3cc(Oc4ccccc4)ccc3c(=O)[nH]2)c1. The first-order valence-corrected chi connectivity index (χ1v) is 8.63. The number of para-hydroxylation sites is 1. The quantitative estimate of drug-likeness (QED) is 0.538. The van der Waals surface area contributed by atoms with Gasteiger partial charge in [-0.05, 0) is 31.2 Å². The summed E-state index contributed by atoms with van der Waals surface area (Å²) in [6.45, 7) is 1.99. The fourth-order valence-electron chi connectivity index (χ4n) is 2.66. The number of carbonyl (C=O) groups is 1. The Labute approximate surface area is 159 Å². The van der Waals surface area contributed by atoms with Gasteiger partial charge in [0.1, 0.15) is 11.5 Å². The summed E-state index contributed by atoms with van der Waals surface area (Å²) >= 11 is 0. The minimum absolute atomic E-state index is 0.185. The van der Waals surface area contributed by atoms with Gasteiger partial charge in [-0.1, -0.05) is 18.2 Å². The maximum atomic E-state index is 12.4. The second-order valence-electron chi connectivity index (χ2n) is 5.88. The summed E-state index contributed by atoms with van der Waals surface area (Å²) in [6.07, 6.45) is 2.81. The number of benzene rings is 2. The number of hydrogen-bond donors (Lipinski definition) is 1. The van der Waals surface area contributed by atoms with Crippen LogP contribution in [0.15, 0.2) is 65.7 Å². The lowest BCUT2D eigenvalue weighted by Crippen LogP contribution is -2.14. The first kappa shape index (κ1) is 17.5. The highest BCUT2D eigenvalue weighted by atomic mass is 16.5. The Hall–Kier alpha value is -3.94. The van der Waals surface area contributed by atoms with Gasteiger partial charge in [-0.3, -0.25) is 9.78 Å². The molecule has 8 heteroatoms. The van der Waals surface area contributed by atoms with Gasteiger partial charge in [0.25, 0.3) is 5.56 Å². The monoisotopic (exact) mass is 376 g/mol. The minimum Gasteiger partial charge on any atom is -0.462 e. The molecule has 0 atom stereocenters. The second kappa shape index (κ2) is 7.36. The van der Waals surface area contributed by atoms with Crippen molar-refractivity contribution in [2.75, 3.05) is 6.61 Å². The van der Waals surface area contributed by atoms with Crippen molar-refractivity contribution in [3.05, 3.63) is 76.8 Å². The van der Waals surface area contributed by atoms with Crippen molar-refractivity contribution in [3.8, 4) is 17.4 Å². The molecule has 0 saturated heterocycles. The van der Waals surface area contributed by atoms with Crippen molar-refractivity contribution in [3.63, 3.8) is 0 Å². The van der Waals surface area contributed by atoms with Gasteiger partial charge in [0.05, 0.1) is 29.3 Å². The predicted molar refractivity (Wildman–Crippen MR) is 102 cm³/mol. The molecule has 0 bridgehead atoms. The summed E-state index contributed by atoms with van der Waals surface area (Å²) in [4.78, 5) is 31.3. The predicted octanol–water partition coefficient (Wildman–Crippen LogP) is 3.08. The van der Waals surface area contributed by atoms with Crippen molar-refractivity contribution in [1.82, 2.24) is 19.7 Å². The van der Waals surface area contributed by atoms with Gasteiger partial charge < -0.3 is 9.47 Å². The zero-order chi connectivity index (χ0) is 19.5. The normalized spacial score (nSPS) is 10.8. The Morgan fingerprint density at radius 3 is 2.75 bits per heavy atom. The van der Waals surface area contributed by atoms with E-state index in [9.17, 15) is 9.59 Å². The molecule has 2 aromatic heterocycles. The Morgan fingerprint density at radius 1 is 1.14 bits per heavy atom. The van der Waals surface area contributed by atoms with E-state index in [-0.39, 0.29) is 23.7 Å². The van der Waals surface area contributed by atoms with E-state index in [2.05, 4.69) is 15.1 Å². The number of aromatic amines is 1. The molecule has 4 rings (SSSR count). The Morgan fingerprint density at radius 2 is 1.96 bits per heavy atom. The first-order chi connectivity index (χ1) is 13.6. The number of aromatic nitrogens is 4. The van der Waals surface area contributed by atoms with Crippen molar-refractivity contribution in [2.24, 2.45) is 0 Å². The third kappa shape index (κ3) is 3.48. The lowest BCUT2D eigenvalue weighted by atomic mass is 10.2. The number of carbonyl (C=O) groups excluding carboxylic acids is 1. The van der Waals surface area contributed by atoms with Crippen LogP contribution in [0.4, 0.5) is 0 Å². The third-order valence-electron chi connectivity index (χ3n) is 3.96. The number of nitrogens with one attached hydrogen (secondary N) is 1. The number of rotatable bonds is 5. The molecule has 2 aromatic carbocycles. The van der Waals surface area contributed by atoms with E-state index in [1.807, 2.05) is 30.3 Å². The van der Waals surface area contributed by atoms with Crippen molar-refractivity contribution >= 4 is 16.9 Å². The second-order valence-corrected chi connectivity index (χ2v) is 5.88. The maximum absolute atomic E-state index is 12.4. The summed E-state index contributed by atoms with van der Waals surface area (Å²) in [5.41, 5.74) is 0.394. The molecule has 0 saturated carbocycles. The number of H-pyrrole nitrogens is 1. The van der Waals surface area contributed by atoms with Crippen LogP contribution in [0, 0.1) is 0 Å². The molecular weight excluding hydrogens is 360 g/mol. The molecule has 0 amide bonds. The molecule has 0 unspecified atom stereocenters. The minimum atomic E-state index is -0.490. The molecular formula is C20H16N4O4. The van der Waals surface area contributed by atoms with E-state index in [0.29, 0.717) is 22.4 Å². The summed E-state index contributed by atoms with van der Waals surface area (Å²) in [7, 11) is 0. The molecule has 0 fully saturated rings. The molecule has 1 N–H and O–H groups in total. The van der Waals surface area contributed by atoms with Gasteiger partial charge in [0.2, 0.25) is 5.95 Å². The van der Waals surface area contributed by atoms with Gasteiger partial charge in [-0.25, -0.2) is 14.5 Å². The van der Waals surface area contributed by atoms with Crippen LogP contribution in [0.2, 0.25) is 0 Å². The molecule has 0 aliphatic heterocycles. The molecule has 28 heavy (non-hydrogen) atoms. The molecule has 4 aromatic rings. The highest BCUT2D eigenvalue weighted by Gasteiger charge is 2.13. The van der Waals surface area contributed by atoms with Crippen LogP contribution in [-0.4, -0.2) is 32.3 Å². The first-order valence-electron chi connectivity index (χ1n) is 8.63. The number of ether oxygens (including phenoxy) is 2. The number of nitrogens with zero attached hydrogens (tertiary/aromatic N) is 3. The Bertz CT molecular complexity index is 1200. The lowest BCUT2D eigenvalue weighted by molar-refractivity contribution is 0.0526. The van der Waals surface area contributed by atoms with Crippen molar-refractivity contribution < 1.29 is 14.3 Å². The molecule has 0 spiro atoms. The number of fused-ring (bicyclic) bond motifs is 1. The smallest absolute Gasteiger partial charge is 0.341 e. The summed E-state index contributed by atoms with van der Waals surface area (Å²) < 4.78 is 12.1. The molecule has 0 aliphatic carbocycles. The molecule has 0 aliphatic rings. The topological polar surface area (TPSA) is 99.1 Å². The van der Waals surface area contributed by atoms with E-state index in [4.69, 9.17) is 9.47 Å². The standard InChI is InChI=1S/C20H16N4O4/c1-2-27-19(26)13-11-21-24(12-13)20-22-17-10-15(8-9-16(17)18(25)23-20)28-14-6-4-3-5-7-14/h3-12H,2H2,1H3,(H,22,23,25). The highest BCUT2D eigenvalue weighted by Crippen LogP contribution is 2.23. The number of esters is 1. The summed E-state index contributed by atoms with van der Waals surface area (Å²) in [6, 6.07) is 14.3. The molecule has 140 valence electrons. The van der Waals surface area contributed by atoms with Crippen LogP contribution in [0.3, 0.4) is 0 Å². The Balaban J connectivity index is 1.70. The number of hydrogen-bond acceptors (Lipinski definition) is 6. The zero-order valence-corrected chi connectivity index (χ0v) is 15.0. The van der Waals surface area contributed by atoms with Crippen molar-refractivity contribution in [2.45, 2.75) is 6.92 Å². The fraction of sp³-hybridized carbons (Fsp3) is 0.100. The molecule has 8 nitrogen and oxygen atoms in total. The van der Waals surface area contributed by atoms with Gasteiger partial charge in [0.15, 0.2) is 0 Å². The van der Waals surface area contributed by atoms with Crippen LogP contribution >= 0.6 is 0 Å². The van der Waals surface area contributed by atoms with Gasteiger partial charge in [-0.2, -0.15) is 5.10 Å². The highest BCUT2D eigenvalue weighted by molar-refractivity contribution is 5.88. The average Bonchev–Trinajstić information content (AvgIpc) is 3.19.